The summed E-state index contributed by atoms with van der Waals surface area (Å²) in [6.45, 7) is 3.69. The summed E-state index contributed by atoms with van der Waals surface area (Å²) in [5.41, 5.74) is 11.5. The van der Waals surface area contributed by atoms with Crippen LogP contribution >= 0.6 is 0 Å². The van der Waals surface area contributed by atoms with Gasteiger partial charge in [0.05, 0.1) is 22.4 Å². The summed E-state index contributed by atoms with van der Waals surface area (Å²) in [5, 5.41) is 10.6. The molecule has 1 aromatic heterocycles. The van der Waals surface area contributed by atoms with E-state index in [4.69, 9.17) is 5.73 Å². The smallest absolute Gasteiger partial charge is 0.266 e. The van der Waals surface area contributed by atoms with Gasteiger partial charge >= 0.3 is 0 Å². The van der Waals surface area contributed by atoms with Gasteiger partial charge in [-0.15, -0.1) is 0 Å². The van der Waals surface area contributed by atoms with Gasteiger partial charge < -0.3 is 10.8 Å². The third-order valence-electron chi connectivity index (χ3n) is 5.18. The molecule has 1 heterocycles. The summed E-state index contributed by atoms with van der Waals surface area (Å²) in [7, 11) is 0. The van der Waals surface area contributed by atoms with Gasteiger partial charge in [0.15, 0.2) is 0 Å². The summed E-state index contributed by atoms with van der Waals surface area (Å²) in [5.74, 6) is -0.567. The molecule has 5 N–H and O–H groups in total. The molecule has 7 heteroatoms. The number of carbonyl (C=O) groups excluding carboxylic acids is 1. The third-order valence-corrected chi connectivity index (χ3v) is 5.18. The highest BCUT2D eigenvalue weighted by atomic mass is 19.1. The number of hydrogen-bond acceptors (Lipinski definition) is 5. The molecular formula is C19H25FN4O2. The summed E-state index contributed by atoms with van der Waals surface area (Å²) in [6.07, 6.45) is 5.04. The lowest BCUT2D eigenvalue weighted by molar-refractivity contribution is -0.00353. The maximum absolute atomic E-state index is 13.6. The molecule has 26 heavy (non-hydrogen) atoms. The fraction of sp³-hybridized carbons (Fsp3) is 0.474. The monoisotopic (exact) mass is 360 g/mol. The molecule has 0 atom stereocenters. The van der Waals surface area contributed by atoms with Gasteiger partial charge in [0, 0.05) is 17.6 Å². The lowest BCUT2D eigenvalue weighted by Gasteiger charge is -2.36. The van der Waals surface area contributed by atoms with Crippen LogP contribution in [0.25, 0.3) is 10.9 Å². The Balaban J connectivity index is 1.59. The number of benzene rings is 1. The number of aliphatic hydroxyl groups is 1. The van der Waals surface area contributed by atoms with Crippen LogP contribution in [0.15, 0.2) is 24.4 Å². The Bertz CT molecular complexity index is 811. The van der Waals surface area contributed by atoms with Crippen LogP contribution in [-0.2, 0) is 0 Å². The third kappa shape index (κ3) is 4.11. The number of fused-ring (bicyclic) bond motifs is 1. The molecule has 1 saturated carbocycles. The number of amides is 1. The maximum Gasteiger partial charge on any atom is 0.266 e. The predicted molar refractivity (Wildman–Crippen MR) is 98.8 cm³/mol. The van der Waals surface area contributed by atoms with E-state index in [2.05, 4.69) is 15.8 Å². The highest BCUT2D eigenvalue weighted by molar-refractivity contribution is 5.97. The molecule has 6 nitrogen and oxygen atoms in total. The van der Waals surface area contributed by atoms with Gasteiger partial charge in [-0.2, -0.15) is 0 Å². The summed E-state index contributed by atoms with van der Waals surface area (Å²) < 4.78 is 13.6. The minimum atomic E-state index is -0.663. The number of halogens is 1. The number of carbonyl (C=O) groups is 1. The van der Waals surface area contributed by atoms with E-state index in [0.29, 0.717) is 16.5 Å². The minimum Gasteiger partial charge on any atom is -0.396 e. The summed E-state index contributed by atoms with van der Waals surface area (Å²) in [4.78, 5) is 16.5. The zero-order valence-electron chi connectivity index (χ0n) is 15.1. The molecule has 0 unspecified atom stereocenters. The number of nitrogens with one attached hydrogen (secondary N) is 2. The first-order valence-corrected chi connectivity index (χ1v) is 8.87. The lowest BCUT2D eigenvalue weighted by Crippen LogP contribution is -2.47. The number of hydrogen-bond donors (Lipinski definition) is 4. The van der Waals surface area contributed by atoms with E-state index in [1.54, 1.807) is 6.07 Å². The van der Waals surface area contributed by atoms with E-state index in [-0.39, 0.29) is 23.6 Å². The van der Waals surface area contributed by atoms with Crippen molar-refractivity contribution in [3.63, 3.8) is 0 Å². The number of rotatable bonds is 4. The van der Waals surface area contributed by atoms with Crippen molar-refractivity contribution in [2.24, 2.45) is 5.92 Å². The molecule has 0 bridgehead atoms. The van der Waals surface area contributed by atoms with Crippen molar-refractivity contribution in [1.29, 1.82) is 0 Å². The molecule has 1 fully saturated rings. The molecular weight excluding hydrogens is 335 g/mol. The van der Waals surface area contributed by atoms with Gasteiger partial charge in [-0.3, -0.25) is 15.2 Å². The Hall–Kier alpha value is -2.25. The first kappa shape index (κ1) is 18.5. The SMILES string of the molecule is CC(C)(O)C1CCC(NNC(=O)c2cnc3cc(N)c(F)cc3c2)CC1. The van der Waals surface area contributed by atoms with Crippen molar-refractivity contribution >= 4 is 22.5 Å². The number of aromatic nitrogens is 1. The first-order chi connectivity index (χ1) is 12.2. The molecule has 0 aliphatic heterocycles. The van der Waals surface area contributed by atoms with Gasteiger partial charge in [-0.1, -0.05) is 0 Å². The molecule has 1 aliphatic rings. The summed E-state index contributed by atoms with van der Waals surface area (Å²) in [6, 6.07) is 4.49. The average molecular weight is 360 g/mol. The second-order valence-electron chi connectivity index (χ2n) is 7.59. The van der Waals surface area contributed by atoms with E-state index >= 15 is 0 Å². The molecule has 1 amide bonds. The molecule has 1 aromatic carbocycles. The van der Waals surface area contributed by atoms with E-state index < -0.39 is 11.4 Å². The first-order valence-electron chi connectivity index (χ1n) is 8.87. The Labute approximate surface area is 152 Å². The van der Waals surface area contributed by atoms with Crippen molar-refractivity contribution in [1.82, 2.24) is 15.8 Å². The largest absolute Gasteiger partial charge is 0.396 e. The molecule has 0 radical (unpaired) electrons. The zero-order valence-corrected chi connectivity index (χ0v) is 15.1. The zero-order chi connectivity index (χ0) is 18.9. The van der Waals surface area contributed by atoms with Crippen LogP contribution in [0, 0.1) is 11.7 Å². The van der Waals surface area contributed by atoms with Crippen LogP contribution in [0.2, 0.25) is 0 Å². The van der Waals surface area contributed by atoms with Crippen LogP contribution in [0.1, 0.15) is 49.9 Å². The Morgan fingerprint density at radius 2 is 1.96 bits per heavy atom. The van der Waals surface area contributed by atoms with Crippen LogP contribution in [-0.4, -0.2) is 27.6 Å². The normalized spacial score (nSPS) is 20.9. The van der Waals surface area contributed by atoms with Crippen molar-refractivity contribution < 1.29 is 14.3 Å². The predicted octanol–water partition coefficient (Wildman–Crippen LogP) is 2.52. The number of anilines is 1. The molecule has 0 spiro atoms. The Kier molecular flexibility index (Phi) is 5.11. The molecule has 2 aromatic rings. The second kappa shape index (κ2) is 7.17. The van der Waals surface area contributed by atoms with Gasteiger partial charge in [-0.05, 0) is 63.6 Å². The van der Waals surface area contributed by atoms with Gasteiger partial charge in [0.2, 0.25) is 0 Å². The van der Waals surface area contributed by atoms with E-state index in [9.17, 15) is 14.3 Å². The fourth-order valence-corrected chi connectivity index (χ4v) is 3.47. The fourth-order valence-electron chi connectivity index (χ4n) is 3.47. The van der Waals surface area contributed by atoms with Crippen LogP contribution in [0.5, 0.6) is 0 Å². The topological polar surface area (TPSA) is 100 Å². The number of pyridine rings is 1. The van der Waals surface area contributed by atoms with Crippen LogP contribution in [0.3, 0.4) is 0 Å². The molecule has 140 valence electrons. The number of hydrazine groups is 1. The van der Waals surface area contributed by atoms with E-state index in [0.717, 1.165) is 25.7 Å². The second-order valence-corrected chi connectivity index (χ2v) is 7.59. The molecule has 3 rings (SSSR count). The minimum absolute atomic E-state index is 0.0329. The van der Waals surface area contributed by atoms with Gasteiger partial charge in [0.25, 0.3) is 5.91 Å². The quantitative estimate of drug-likeness (QED) is 0.496. The van der Waals surface area contributed by atoms with Crippen molar-refractivity contribution in [3.8, 4) is 0 Å². The molecule has 0 saturated heterocycles. The molecule has 1 aliphatic carbocycles. The number of nitrogens with two attached hydrogens (primary N) is 1. The lowest BCUT2D eigenvalue weighted by atomic mass is 9.77. The average Bonchev–Trinajstić information content (AvgIpc) is 2.60. The van der Waals surface area contributed by atoms with Gasteiger partial charge in [0.1, 0.15) is 5.82 Å². The standard InChI is InChI=1S/C19H25FN4O2/c1-19(2,26)13-3-5-14(6-4-13)23-24-18(25)12-7-11-8-15(20)16(21)9-17(11)22-10-12/h7-10,13-14,23,26H,3-6,21H2,1-2H3,(H,24,25). The van der Waals surface area contributed by atoms with Gasteiger partial charge in [-0.25, -0.2) is 9.82 Å². The highest BCUT2D eigenvalue weighted by Crippen LogP contribution is 2.32. The van der Waals surface area contributed by atoms with Crippen molar-refractivity contribution in [2.45, 2.75) is 51.2 Å². The number of nitrogen functional groups attached to an aromatic ring is 1. The number of nitrogens with zero attached hydrogens (tertiary/aromatic N) is 1. The summed E-state index contributed by atoms with van der Waals surface area (Å²) >= 11 is 0. The van der Waals surface area contributed by atoms with E-state index in [1.807, 2.05) is 13.8 Å². The van der Waals surface area contributed by atoms with Crippen molar-refractivity contribution in [2.75, 3.05) is 5.73 Å². The van der Waals surface area contributed by atoms with Crippen LogP contribution < -0.4 is 16.6 Å². The van der Waals surface area contributed by atoms with Crippen LogP contribution in [0.4, 0.5) is 10.1 Å². The highest BCUT2D eigenvalue weighted by Gasteiger charge is 2.31. The maximum atomic E-state index is 13.6. The Morgan fingerprint density at radius 3 is 2.62 bits per heavy atom. The Morgan fingerprint density at radius 1 is 1.27 bits per heavy atom. The van der Waals surface area contributed by atoms with Crippen molar-refractivity contribution in [3.05, 3.63) is 35.8 Å². The van der Waals surface area contributed by atoms with E-state index in [1.165, 1.54) is 18.3 Å².